The van der Waals surface area contributed by atoms with E-state index in [1.165, 1.54) is 0 Å². The van der Waals surface area contributed by atoms with Crippen LogP contribution in [-0.2, 0) is 7.05 Å². The van der Waals surface area contributed by atoms with E-state index in [1.807, 2.05) is 37.0 Å². The number of nitrogens with zero attached hydrogens (tertiary/aromatic N) is 4. The lowest BCUT2D eigenvalue weighted by Gasteiger charge is -2.34. The molecule has 0 bridgehead atoms. The number of nitrogens with one attached hydrogen (secondary N) is 2. The zero-order valence-corrected chi connectivity index (χ0v) is 19.3. The molecule has 2 aromatic rings. The Kier molecular flexibility index (Phi) is 7.37. The van der Waals surface area contributed by atoms with Crippen molar-refractivity contribution in [2.75, 3.05) is 24.5 Å². The second kappa shape index (κ2) is 9.77. The summed E-state index contributed by atoms with van der Waals surface area (Å²) in [5, 5.41) is 11.4. The number of benzene rings is 1. The Morgan fingerprint density at radius 3 is 2.86 bits per heavy atom. The van der Waals surface area contributed by atoms with Crippen molar-refractivity contribution in [3.8, 4) is 0 Å². The van der Waals surface area contributed by atoms with Crippen LogP contribution < -0.4 is 15.5 Å². The average Bonchev–Trinajstić information content (AvgIpc) is 3.30. The fraction of sp³-hybridized carbons (Fsp3) is 0.524. The highest BCUT2D eigenvalue weighted by Crippen LogP contribution is 2.41. The first-order valence-electron chi connectivity index (χ1n) is 10.2. The van der Waals surface area contributed by atoms with E-state index in [1.54, 1.807) is 12.1 Å². The lowest BCUT2D eigenvalue weighted by molar-refractivity contribution is 0.467. The summed E-state index contributed by atoms with van der Waals surface area (Å²) in [4.78, 5) is 6.99. The zero-order valence-electron chi connectivity index (χ0n) is 17.0. The summed E-state index contributed by atoms with van der Waals surface area (Å²) in [7, 11) is 1.95. The Morgan fingerprint density at radius 1 is 1.31 bits per heavy atom. The summed E-state index contributed by atoms with van der Waals surface area (Å²) in [6, 6.07) is 7.65. The van der Waals surface area contributed by atoms with Gasteiger partial charge in [-0.3, -0.25) is 9.67 Å². The second-order valence-corrected chi connectivity index (χ2v) is 7.74. The molecule has 1 saturated heterocycles. The van der Waals surface area contributed by atoms with Crippen LogP contribution in [0.25, 0.3) is 0 Å². The maximum absolute atomic E-state index is 14.0. The molecule has 2 aliphatic rings. The Balaban J connectivity index is 0.00000240. The Morgan fingerprint density at radius 2 is 2.14 bits per heavy atom. The number of aromatic nitrogens is 2. The summed E-state index contributed by atoms with van der Waals surface area (Å²) >= 11 is 0. The SMILES string of the molecule is CCN=C(NC1CCCN(c2cnn(C)c2)C1)NC1CC1c1ccccc1F.I. The highest BCUT2D eigenvalue weighted by molar-refractivity contribution is 14.0. The normalized spacial score (nSPS) is 24.0. The van der Waals surface area contributed by atoms with Gasteiger partial charge in [-0.25, -0.2) is 4.39 Å². The van der Waals surface area contributed by atoms with Gasteiger partial charge in [-0.05, 0) is 37.8 Å². The number of anilines is 1. The highest BCUT2D eigenvalue weighted by atomic mass is 127. The van der Waals surface area contributed by atoms with Gasteiger partial charge in [-0.1, -0.05) is 18.2 Å². The van der Waals surface area contributed by atoms with E-state index in [0.29, 0.717) is 12.6 Å². The highest BCUT2D eigenvalue weighted by Gasteiger charge is 2.40. The minimum absolute atomic E-state index is 0. The van der Waals surface area contributed by atoms with Gasteiger partial charge in [-0.15, -0.1) is 24.0 Å². The van der Waals surface area contributed by atoms with E-state index in [0.717, 1.165) is 49.6 Å². The number of guanidine groups is 1. The number of hydrogen-bond donors (Lipinski definition) is 2. The van der Waals surface area contributed by atoms with E-state index in [9.17, 15) is 4.39 Å². The molecule has 2 N–H and O–H groups in total. The molecule has 158 valence electrons. The molecule has 1 saturated carbocycles. The molecule has 0 spiro atoms. The summed E-state index contributed by atoms with van der Waals surface area (Å²) in [6.45, 7) is 4.73. The minimum atomic E-state index is -0.113. The lowest BCUT2D eigenvalue weighted by Crippen LogP contribution is -2.51. The molecular formula is C21H30FIN6. The van der Waals surface area contributed by atoms with Crippen LogP contribution in [0.3, 0.4) is 0 Å². The molecule has 1 aromatic heterocycles. The van der Waals surface area contributed by atoms with Crippen molar-refractivity contribution >= 4 is 35.6 Å². The van der Waals surface area contributed by atoms with Crippen LogP contribution in [0.1, 0.15) is 37.7 Å². The molecule has 3 unspecified atom stereocenters. The van der Waals surface area contributed by atoms with Crippen LogP contribution in [-0.4, -0.2) is 47.5 Å². The van der Waals surface area contributed by atoms with Crippen molar-refractivity contribution in [3.63, 3.8) is 0 Å². The Labute approximate surface area is 189 Å². The predicted molar refractivity (Wildman–Crippen MR) is 126 cm³/mol. The molecule has 1 aliphatic carbocycles. The van der Waals surface area contributed by atoms with Crippen molar-refractivity contribution in [1.29, 1.82) is 0 Å². The van der Waals surface area contributed by atoms with Crippen LogP contribution in [0.5, 0.6) is 0 Å². The zero-order chi connectivity index (χ0) is 19.5. The van der Waals surface area contributed by atoms with E-state index in [4.69, 9.17) is 0 Å². The molecule has 0 radical (unpaired) electrons. The van der Waals surface area contributed by atoms with Crippen molar-refractivity contribution in [1.82, 2.24) is 20.4 Å². The summed E-state index contributed by atoms with van der Waals surface area (Å²) in [5.41, 5.74) is 1.97. The molecule has 8 heteroatoms. The molecule has 4 rings (SSSR count). The van der Waals surface area contributed by atoms with Crippen molar-refractivity contribution < 1.29 is 4.39 Å². The fourth-order valence-corrected chi connectivity index (χ4v) is 4.04. The van der Waals surface area contributed by atoms with E-state index >= 15 is 0 Å². The standard InChI is InChI=1S/C21H29FN6.HI/c1-3-23-21(26-20-11-18(20)17-8-4-5-9-19(17)22)25-15-7-6-10-28(13-15)16-12-24-27(2)14-16;/h4-5,8-9,12,14-15,18,20H,3,6-7,10-11,13H2,1-2H3,(H2,23,25,26);1H. The van der Waals surface area contributed by atoms with Crippen molar-refractivity contribution in [2.24, 2.45) is 12.0 Å². The Hall–Kier alpha value is -1.84. The molecule has 3 atom stereocenters. The third kappa shape index (κ3) is 5.40. The number of piperidine rings is 1. The van der Waals surface area contributed by atoms with E-state index in [2.05, 4.69) is 31.8 Å². The Bertz CT molecular complexity index is 838. The molecule has 2 fully saturated rings. The first kappa shape index (κ1) is 21.9. The maximum Gasteiger partial charge on any atom is 0.191 e. The van der Waals surface area contributed by atoms with E-state index < -0.39 is 0 Å². The molecule has 2 heterocycles. The molecule has 0 amide bonds. The third-order valence-electron chi connectivity index (χ3n) is 5.55. The monoisotopic (exact) mass is 512 g/mol. The predicted octanol–water partition coefficient (Wildman–Crippen LogP) is 3.26. The topological polar surface area (TPSA) is 57.5 Å². The first-order chi connectivity index (χ1) is 13.6. The average molecular weight is 512 g/mol. The van der Waals surface area contributed by atoms with Gasteiger partial charge in [0.2, 0.25) is 0 Å². The number of aryl methyl sites for hydroxylation is 1. The van der Waals surface area contributed by atoms with Crippen LogP contribution >= 0.6 is 24.0 Å². The first-order valence-corrected chi connectivity index (χ1v) is 10.2. The van der Waals surface area contributed by atoms with Gasteiger partial charge >= 0.3 is 0 Å². The largest absolute Gasteiger partial charge is 0.367 e. The molecule has 1 aromatic carbocycles. The quantitative estimate of drug-likeness (QED) is 0.367. The number of hydrogen-bond acceptors (Lipinski definition) is 3. The van der Waals surface area contributed by atoms with Crippen LogP contribution in [0.2, 0.25) is 0 Å². The van der Waals surface area contributed by atoms with Crippen molar-refractivity contribution in [3.05, 3.63) is 48.0 Å². The maximum atomic E-state index is 14.0. The molecule has 29 heavy (non-hydrogen) atoms. The second-order valence-electron chi connectivity index (χ2n) is 7.74. The van der Waals surface area contributed by atoms with Crippen LogP contribution in [0.15, 0.2) is 41.7 Å². The molecule has 1 aliphatic heterocycles. The van der Waals surface area contributed by atoms with Crippen LogP contribution in [0, 0.1) is 5.82 Å². The third-order valence-corrected chi connectivity index (χ3v) is 5.55. The number of aliphatic imine (C=N–C) groups is 1. The molecule has 6 nitrogen and oxygen atoms in total. The summed E-state index contributed by atoms with van der Waals surface area (Å²) in [6.07, 6.45) is 7.17. The lowest BCUT2D eigenvalue weighted by atomic mass is 10.1. The van der Waals surface area contributed by atoms with Gasteiger partial charge in [-0.2, -0.15) is 5.10 Å². The minimum Gasteiger partial charge on any atom is -0.367 e. The van der Waals surface area contributed by atoms with Gasteiger partial charge in [0.05, 0.1) is 11.9 Å². The molecular weight excluding hydrogens is 482 g/mol. The van der Waals surface area contributed by atoms with Crippen molar-refractivity contribution in [2.45, 2.75) is 44.2 Å². The van der Waals surface area contributed by atoms with Gasteiger partial charge in [0.25, 0.3) is 0 Å². The smallest absolute Gasteiger partial charge is 0.191 e. The van der Waals surface area contributed by atoms with Gasteiger partial charge in [0.1, 0.15) is 5.82 Å². The summed E-state index contributed by atoms with van der Waals surface area (Å²) in [5.74, 6) is 0.950. The number of halogens is 2. The van der Waals surface area contributed by atoms with Gasteiger partial charge < -0.3 is 15.5 Å². The van der Waals surface area contributed by atoms with E-state index in [-0.39, 0.29) is 41.8 Å². The van der Waals surface area contributed by atoms with Gasteiger partial charge in [0.15, 0.2) is 5.96 Å². The van der Waals surface area contributed by atoms with Gasteiger partial charge in [0, 0.05) is 50.9 Å². The fourth-order valence-electron chi connectivity index (χ4n) is 4.04. The number of rotatable bonds is 5. The summed E-state index contributed by atoms with van der Waals surface area (Å²) < 4.78 is 15.9. The van der Waals surface area contributed by atoms with Crippen LogP contribution in [0.4, 0.5) is 10.1 Å².